The molecule has 0 amide bonds. The van der Waals surface area contributed by atoms with E-state index in [9.17, 15) is 4.79 Å². The van der Waals surface area contributed by atoms with Crippen molar-refractivity contribution in [1.82, 2.24) is 19.5 Å². The van der Waals surface area contributed by atoms with Gasteiger partial charge in [0.05, 0.1) is 17.8 Å². The first-order valence-electron chi connectivity index (χ1n) is 9.06. The Morgan fingerprint density at radius 3 is 2.81 bits per heavy atom. The van der Waals surface area contributed by atoms with Gasteiger partial charge >= 0.3 is 5.97 Å². The van der Waals surface area contributed by atoms with Crippen molar-refractivity contribution < 1.29 is 9.90 Å². The maximum Gasteiger partial charge on any atom is 0.337 e. The molecule has 0 radical (unpaired) electrons. The number of anilines is 1. The summed E-state index contributed by atoms with van der Waals surface area (Å²) in [4.78, 5) is 26.6. The molecule has 0 bridgehead atoms. The molecule has 1 atom stereocenters. The van der Waals surface area contributed by atoms with Crippen LogP contribution in [0, 0.1) is 0 Å². The maximum atomic E-state index is 11.0. The molecule has 0 saturated carbocycles. The van der Waals surface area contributed by atoms with Crippen LogP contribution in [0.2, 0.25) is 0 Å². The number of hydrogen-bond acceptors (Lipinski definition) is 5. The molecular formula is C20H21N5O2. The lowest BCUT2D eigenvalue weighted by molar-refractivity contribution is 0.0696. The van der Waals surface area contributed by atoms with Crippen LogP contribution in [-0.2, 0) is 6.54 Å². The molecule has 27 heavy (non-hydrogen) atoms. The number of aromatic nitrogens is 4. The highest BCUT2D eigenvalue weighted by atomic mass is 16.4. The van der Waals surface area contributed by atoms with E-state index in [1.165, 1.54) is 6.20 Å². The molecule has 0 aliphatic carbocycles. The SMILES string of the molecule is O=C(O)c1ccc(N2CCC[C@@H](c3nccn3Cc3ccccn3)C2)nc1. The van der Waals surface area contributed by atoms with Crippen LogP contribution in [0.15, 0.2) is 55.1 Å². The largest absolute Gasteiger partial charge is 0.478 e. The molecule has 1 saturated heterocycles. The van der Waals surface area contributed by atoms with Crippen LogP contribution in [0.1, 0.15) is 40.6 Å². The first kappa shape index (κ1) is 17.2. The number of hydrogen-bond donors (Lipinski definition) is 1. The summed E-state index contributed by atoms with van der Waals surface area (Å²) < 4.78 is 2.16. The molecule has 4 heterocycles. The molecular weight excluding hydrogens is 342 g/mol. The molecule has 0 unspecified atom stereocenters. The molecule has 7 heteroatoms. The van der Waals surface area contributed by atoms with Gasteiger partial charge in [-0.1, -0.05) is 6.07 Å². The van der Waals surface area contributed by atoms with E-state index in [4.69, 9.17) is 5.11 Å². The summed E-state index contributed by atoms with van der Waals surface area (Å²) >= 11 is 0. The standard InChI is InChI=1S/C20H21N5O2/c26-20(27)15-6-7-18(23-12-15)24-10-3-4-16(13-24)19-22-9-11-25(19)14-17-5-1-2-8-21-17/h1-2,5-9,11-12,16H,3-4,10,13-14H2,(H,26,27)/t16-/m1/s1. The molecule has 3 aromatic heterocycles. The van der Waals surface area contributed by atoms with Gasteiger partial charge in [-0.05, 0) is 37.1 Å². The molecule has 4 rings (SSSR count). The van der Waals surface area contributed by atoms with E-state index in [2.05, 4.69) is 24.4 Å². The van der Waals surface area contributed by atoms with Crippen molar-refractivity contribution >= 4 is 11.8 Å². The quantitative estimate of drug-likeness (QED) is 0.750. The van der Waals surface area contributed by atoms with Crippen molar-refractivity contribution in [2.75, 3.05) is 18.0 Å². The summed E-state index contributed by atoms with van der Waals surface area (Å²) in [5.74, 6) is 1.22. The lowest BCUT2D eigenvalue weighted by atomic mass is 9.97. The second-order valence-corrected chi connectivity index (χ2v) is 6.73. The Kier molecular flexibility index (Phi) is 4.82. The van der Waals surface area contributed by atoms with E-state index in [1.54, 1.807) is 18.3 Å². The zero-order chi connectivity index (χ0) is 18.6. The van der Waals surface area contributed by atoms with Crippen LogP contribution in [0.25, 0.3) is 0 Å². The van der Waals surface area contributed by atoms with E-state index in [0.29, 0.717) is 12.5 Å². The summed E-state index contributed by atoms with van der Waals surface area (Å²) in [6.07, 6.45) is 9.19. The Bertz CT molecular complexity index is 908. The number of pyridine rings is 2. The van der Waals surface area contributed by atoms with Gasteiger partial charge in [-0.2, -0.15) is 0 Å². The second kappa shape index (κ2) is 7.57. The van der Waals surface area contributed by atoms with E-state index in [1.807, 2.05) is 30.6 Å². The summed E-state index contributed by atoms with van der Waals surface area (Å²) in [5.41, 5.74) is 1.22. The highest BCUT2D eigenvalue weighted by Gasteiger charge is 2.25. The highest BCUT2D eigenvalue weighted by molar-refractivity contribution is 5.87. The minimum atomic E-state index is -0.956. The summed E-state index contributed by atoms with van der Waals surface area (Å²) in [5, 5.41) is 9.04. The molecule has 7 nitrogen and oxygen atoms in total. The van der Waals surface area contributed by atoms with Gasteiger partial charge < -0.3 is 14.6 Å². The second-order valence-electron chi connectivity index (χ2n) is 6.73. The Morgan fingerprint density at radius 1 is 1.15 bits per heavy atom. The fourth-order valence-electron chi connectivity index (χ4n) is 3.58. The highest BCUT2D eigenvalue weighted by Crippen LogP contribution is 2.28. The van der Waals surface area contributed by atoms with Gasteiger partial charge in [-0.15, -0.1) is 0 Å². The Morgan fingerprint density at radius 2 is 2.07 bits per heavy atom. The topological polar surface area (TPSA) is 84.1 Å². The van der Waals surface area contributed by atoms with Crippen LogP contribution in [0.3, 0.4) is 0 Å². The molecule has 1 aliphatic heterocycles. The lowest BCUT2D eigenvalue weighted by Crippen LogP contribution is -2.36. The third-order valence-electron chi connectivity index (χ3n) is 4.91. The van der Waals surface area contributed by atoms with Gasteiger partial charge in [-0.3, -0.25) is 4.98 Å². The number of imidazole rings is 1. The number of aromatic carboxylic acids is 1. The fourth-order valence-corrected chi connectivity index (χ4v) is 3.58. The summed E-state index contributed by atoms with van der Waals surface area (Å²) in [6, 6.07) is 9.32. The first-order valence-corrected chi connectivity index (χ1v) is 9.06. The van der Waals surface area contributed by atoms with Crippen molar-refractivity contribution in [2.45, 2.75) is 25.3 Å². The average Bonchev–Trinajstić information content (AvgIpc) is 3.17. The van der Waals surface area contributed by atoms with Gasteiger partial charge in [0.15, 0.2) is 0 Å². The van der Waals surface area contributed by atoms with E-state index in [-0.39, 0.29) is 5.56 Å². The molecule has 138 valence electrons. The Hall–Kier alpha value is -3.22. The Balaban J connectivity index is 1.50. The van der Waals surface area contributed by atoms with E-state index < -0.39 is 5.97 Å². The molecule has 1 N–H and O–H groups in total. The van der Waals surface area contributed by atoms with Crippen LogP contribution in [0.4, 0.5) is 5.82 Å². The van der Waals surface area contributed by atoms with Crippen LogP contribution in [0.5, 0.6) is 0 Å². The van der Waals surface area contributed by atoms with Crippen LogP contribution in [-0.4, -0.2) is 43.7 Å². The number of carboxylic acid groups (broad SMARTS) is 1. The molecule has 0 aromatic carbocycles. The minimum absolute atomic E-state index is 0.207. The maximum absolute atomic E-state index is 11.0. The normalized spacial score (nSPS) is 17.0. The number of carboxylic acids is 1. The third-order valence-corrected chi connectivity index (χ3v) is 4.91. The van der Waals surface area contributed by atoms with Gasteiger partial charge in [0.25, 0.3) is 0 Å². The monoisotopic (exact) mass is 363 g/mol. The predicted octanol–water partition coefficient (Wildman–Crippen LogP) is 2.80. The van der Waals surface area contributed by atoms with Gasteiger partial charge in [0.1, 0.15) is 11.6 Å². The predicted molar refractivity (Wildman–Crippen MR) is 101 cm³/mol. The molecule has 1 aliphatic rings. The molecule has 0 spiro atoms. The third kappa shape index (κ3) is 3.81. The number of carbonyl (C=O) groups is 1. The van der Waals surface area contributed by atoms with E-state index in [0.717, 1.165) is 43.3 Å². The number of rotatable bonds is 5. The number of nitrogens with zero attached hydrogens (tertiary/aromatic N) is 5. The zero-order valence-corrected chi connectivity index (χ0v) is 14.9. The first-order chi connectivity index (χ1) is 13.2. The van der Waals surface area contributed by atoms with Crippen molar-refractivity contribution in [3.8, 4) is 0 Å². The fraction of sp³-hybridized carbons (Fsp3) is 0.300. The van der Waals surface area contributed by atoms with Crippen molar-refractivity contribution in [2.24, 2.45) is 0 Å². The lowest BCUT2D eigenvalue weighted by Gasteiger charge is -2.33. The molecule has 1 fully saturated rings. The van der Waals surface area contributed by atoms with E-state index >= 15 is 0 Å². The average molecular weight is 363 g/mol. The zero-order valence-electron chi connectivity index (χ0n) is 14.9. The summed E-state index contributed by atoms with van der Waals surface area (Å²) in [6.45, 7) is 2.44. The Labute approximate surface area is 157 Å². The smallest absolute Gasteiger partial charge is 0.337 e. The van der Waals surface area contributed by atoms with Gasteiger partial charge in [0, 0.05) is 43.8 Å². The number of piperidine rings is 1. The van der Waals surface area contributed by atoms with Gasteiger partial charge in [-0.25, -0.2) is 14.8 Å². The molecule has 3 aromatic rings. The van der Waals surface area contributed by atoms with Crippen LogP contribution < -0.4 is 4.90 Å². The minimum Gasteiger partial charge on any atom is -0.478 e. The van der Waals surface area contributed by atoms with Crippen molar-refractivity contribution in [1.29, 1.82) is 0 Å². The van der Waals surface area contributed by atoms with Gasteiger partial charge in [0.2, 0.25) is 0 Å². The summed E-state index contributed by atoms with van der Waals surface area (Å²) in [7, 11) is 0. The van der Waals surface area contributed by atoms with Crippen molar-refractivity contribution in [3.63, 3.8) is 0 Å². The van der Waals surface area contributed by atoms with Crippen molar-refractivity contribution in [3.05, 3.63) is 72.2 Å². The van der Waals surface area contributed by atoms with Crippen LogP contribution >= 0.6 is 0 Å².